The number of rotatable bonds is 3. The van der Waals surface area contributed by atoms with Crippen molar-refractivity contribution < 1.29 is 18.5 Å². The topological polar surface area (TPSA) is 74.6 Å². The molecule has 0 saturated heterocycles. The molecule has 0 saturated carbocycles. The van der Waals surface area contributed by atoms with E-state index in [9.17, 15) is 8.42 Å². The molecule has 0 spiro atoms. The molecule has 0 radical (unpaired) electrons. The molecule has 0 unspecified atom stereocenters. The van der Waals surface area contributed by atoms with Gasteiger partial charge in [-0.2, -0.15) is 0 Å². The van der Waals surface area contributed by atoms with Gasteiger partial charge < -0.3 is 10.0 Å². The fourth-order valence-corrected chi connectivity index (χ4v) is 1.45. The highest BCUT2D eigenvalue weighted by atomic mass is 32.2. The molecule has 0 fully saturated rings. The van der Waals surface area contributed by atoms with Crippen LogP contribution in [-0.4, -0.2) is 25.6 Å². The lowest BCUT2D eigenvalue weighted by molar-refractivity contribution is 0.426. The van der Waals surface area contributed by atoms with E-state index in [-0.39, 0.29) is 5.75 Å². The zero-order valence-corrected chi connectivity index (χ0v) is 7.65. The molecule has 0 aliphatic heterocycles. The molecule has 70 valence electrons. The van der Waals surface area contributed by atoms with E-state index >= 15 is 0 Å². The molecule has 0 bridgehead atoms. The summed E-state index contributed by atoms with van der Waals surface area (Å²) in [6, 6.07) is 6.08. The zero-order chi connectivity index (χ0) is 9.84. The molecule has 0 heterocycles. The van der Waals surface area contributed by atoms with E-state index in [2.05, 4.69) is 0 Å². The van der Waals surface area contributed by atoms with E-state index in [1.54, 1.807) is 12.1 Å². The van der Waals surface area contributed by atoms with Gasteiger partial charge in [0.15, 0.2) is 0 Å². The highest BCUT2D eigenvalue weighted by molar-refractivity contribution is 7.71. The van der Waals surface area contributed by atoms with E-state index in [0.717, 1.165) is 0 Å². The Morgan fingerprint density at radius 2 is 1.69 bits per heavy atom. The van der Waals surface area contributed by atoms with Crippen LogP contribution in [0, 0.1) is 0 Å². The first-order chi connectivity index (χ1) is 6.09. The Kier molecular flexibility index (Phi) is 3.47. The normalized spacial score (nSPS) is 10.4. The Labute approximate surface area is 77.9 Å². The smallest absolute Gasteiger partial charge is 0.423 e. The van der Waals surface area contributed by atoms with Crippen LogP contribution in [0.25, 0.3) is 0 Å². The van der Waals surface area contributed by atoms with Crippen molar-refractivity contribution in [2.45, 2.75) is 5.75 Å². The fourth-order valence-electron chi connectivity index (χ4n) is 0.944. The molecule has 2 N–H and O–H groups in total. The molecule has 13 heavy (non-hydrogen) atoms. The maximum atomic E-state index is 10.3. The maximum absolute atomic E-state index is 10.3. The Bertz CT molecular complexity index is 336. The summed E-state index contributed by atoms with van der Waals surface area (Å²) in [6.45, 7) is 0. The summed E-state index contributed by atoms with van der Waals surface area (Å²) in [5.74, 6) is -0.0167. The van der Waals surface area contributed by atoms with E-state index in [1.807, 2.05) is 0 Å². The molecule has 0 aliphatic rings. The second kappa shape index (κ2) is 4.41. The number of benzene rings is 1. The molecule has 1 aromatic carbocycles. The van der Waals surface area contributed by atoms with Crippen LogP contribution in [0.2, 0.25) is 0 Å². The van der Waals surface area contributed by atoms with Crippen molar-refractivity contribution in [3.63, 3.8) is 0 Å². The summed E-state index contributed by atoms with van der Waals surface area (Å²) in [5.41, 5.74) is 0.991. The van der Waals surface area contributed by atoms with Crippen molar-refractivity contribution >= 4 is 23.3 Å². The molecular formula is C7H9BO4S. The van der Waals surface area contributed by atoms with Crippen LogP contribution in [0.4, 0.5) is 0 Å². The summed E-state index contributed by atoms with van der Waals surface area (Å²) in [5, 5.41) is 17.5. The quantitative estimate of drug-likeness (QED) is 0.409. The standard InChI is InChI=1S/C7H9BO4S/c9-8(10)7-3-1-6(2-4-7)5-13(11)12/h1-4,9-10,13H,5H2. The Morgan fingerprint density at radius 3 is 2.08 bits per heavy atom. The van der Waals surface area contributed by atoms with E-state index in [4.69, 9.17) is 10.0 Å². The second-order valence-corrected chi connectivity index (χ2v) is 3.59. The van der Waals surface area contributed by atoms with Crippen LogP contribution in [0.1, 0.15) is 5.56 Å². The van der Waals surface area contributed by atoms with Crippen LogP contribution in [0.5, 0.6) is 0 Å². The Morgan fingerprint density at radius 1 is 1.15 bits per heavy atom. The summed E-state index contributed by atoms with van der Waals surface area (Å²) >= 11 is 0. The van der Waals surface area contributed by atoms with Gasteiger partial charge in [-0.25, -0.2) is 8.42 Å². The predicted octanol–water partition coefficient (Wildman–Crippen LogP) is -1.52. The molecule has 0 amide bonds. The minimum Gasteiger partial charge on any atom is -0.423 e. The lowest BCUT2D eigenvalue weighted by Crippen LogP contribution is -2.29. The molecule has 0 aliphatic carbocycles. The first kappa shape index (κ1) is 10.2. The summed E-state index contributed by atoms with van der Waals surface area (Å²) < 4.78 is 20.7. The maximum Gasteiger partial charge on any atom is 0.488 e. The monoisotopic (exact) mass is 200 g/mol. The third-order valence-electron chi connectivity index (χ3n) is 1.59. The van der Waals surface area contributed by atoms with Crippen LogP contribution < -0.4 is 5.46 Å². The van der Waals surface area contributed by atoms with Crippen molar-refractivity contribution in [1.29, 1.82) is 0 Å². The Hall–Kier alpha value is -0.845. The highest BCUT2D eigenvalue weighted by Gasteiger charge is 2.09. The molecule has 1 aromatic rings. The van der Waals surface area contributed by atoms with Crippen molar-refractivity contribution in [3.05, 3.63) is 29.8 Å². The van der Waals surface area contributed by atoms with Crippen LogP contribution >= 0.6 is 0 Å². The molecular weight excluding hydrogens is 191 g/mol. The van der Waals surface area contributed by atoms with Crippen LogP contribution in [0.3, 0.4) is 0 Å². The largest absolute Gasteiger partial charge is 0.488 e. The predicted molar refractivity (Wildman–Crippen MR) is 50.3 cm³/mol. The van der Waals surface area contributed by atoms with Crippen molar-refractivity contribution in [1.82, 2.24) is 0 Å². The van der Waals surface area contributed by atoms with Gasteiger partial charge in [-0.05, 0) is 11.0 Å². The molecule has 4 nitrogen and oxygen atoms in total. The lowest BCUT2D eigenvalue weighted by Gasteiger charge is -1.99. The number of hydrogen-bond donors (Lipinski definition) is 3. The van der Waals surface area contributed by atoms with Crippen molar-refractivity contribution in [3.8, 4) is 0 Å². The third kappa shape index (κ3) is 3.18. The van der Waals surface area contributed by atoms with E-state index in [1.165, 1.54) is 12.1 Å². The van der Waals surface area contributed by atoms with Crippen LogP contribution in [0.15, 0.2) is 24.3 Å². The highest BCUT2D eigenvalue weighted by Crippen LogP contribution is 1.98. The van der Waals surface area contributed by atoms with Gasteiger partial charge in [0.1, 0.15) is 10.7 Å². The number of thiol groups is 1. The fraction of sp³-hybridized carbons (Fsp3) is 0.143. The molecule has 0 aromatic heterocycles. The summed E-state index contributed by atoms with van der Waals surface area (Å²) in [4.78, 5) is 0. The zero-order valence-electron chi connectivity index (χ0n) is 6.75. The van der Waals surface area contributed by atoms with Gasteiger partial charge in [-0.15, -0.1) is 0 Å². The van der Waals surface area contributed by atoms with Crippen molar-refractivity contribution in [2.75, 3.05) is 0 Å². The lowest BCUT2D eigenvalue weighted by atomic mass is 9.80. The minimum atomic E-state index is -2.43. The first-order valence-corrected chi connectivity index (χ1v) is 5.02. The van der Waals surface area contributed by atoms with Gasteiger partial charge in [0, 0.05) is 0 Å². The second-order valence-electron chi connectivity index (χ2n) is 2.61. The van der Waals surface area contributed by atoms with Gasteiger partial charge in [0.2, 0.25) is 0 Å². The SMILES string of the molecule is O=[SH](=O)Cc1ccc(B(O)O)cc1. The van der Waals surface area contributed by atoms with Crippen LogP contribution in [-0.2, 0) is 16.5 Å². The minimum absolute atomic E-state index is 0.0167. The Balaban J connectivity index is 2.81. The van der Waals surface area contributed by atoms with Crippen molar-refractivity contribution in [2.24, 2.45) is 0 Å². The van der Waals surface area contributed by atoms with Gasteiger partial charge in [-0.3, -0.25) is 0 Å². The van der Waals surface area contributed by atoms with Gasteiger partial charge >= 0.3 is 7.12 Å². The van der Waals surface area contributed by atoms with Gasteiger partial charge in [-0.1, -0.05) is 24.3 Å². The molecule has 1 rings (SSSR count). The van der Waals surface area contributed by atoms with E-state index in [0.29, 0.717) is 11.0 Å². The van der Waals surface area contributed by atoms with Gasteiger partial charge in [0.25, 0.3) is 0 Å². The average molecular weight is 200 g/mol. The number of hydrogen-bond acceptors (Lipinski definition) is 4. The van der Waals surface area contributed by atoms with Gasteiger partial charge in [0.05, 0.1) is 5.75 Å². The van der Waals surface area contributed by atoms with E-state index < -0.39 is 17.8 Å². The summed E-state index contributed by atoms with van der Waals surface area (Å²) in [6.07, 6.45) is 0. The molecule has 6 heteroatoms. The first-order valence-electron chi connectivity index (χ1n) is 3.66. The average Bonchev–Trinajstić information content (AvgIpc) is 2.04. The summed E-state index contributed by atoms with van der Waals surface area (Å²) in [7, 11) is -3.93. The third-order valence-corrected chi connectivity index (χ3v) is 2.21. The molecule has 0 atom stereocenters.